The van der Waals surface area contributed by atoms with Crippen LogP contribution >= 0.6 is 11.3 Å². The molecule has 156 valence electrons. The maximum absolute atomic E-state index is 9.75. The van der Waals surface area contributed by atoms with E-state index in [0.717, 1.165) is 21.6 Å². The van der Waals surface area contributed by atoms with E-state index in [2.05, 4.69) is 41.5 Å². The second-order valence-electron chi connectivity index (χ2n) is 7.37. The fourth-order valence-corrected chi connectivity index (χ4v) is 4.10. The number of thiazole rings is 1. The van der Waals surface area contributed by atoms with Gasteiger partial charge in [-0.15, -0.1) is 11.3 Å². The van der Waals surface area contributed by atoms with Crippen LogP contribution in [0.3, 0.4) is 0 Å². The second-order valence-corrected chi connectivity index (χ2v) is 8.21. The van der Waals surface area contributed by atoms with Crippen molar-refractivity contribution >= 4 is 17.6 Å². The molecule has 0 aliphatic heterocycles. The zero-order valence-electron chi connectivity index (χ0n) is 17.3. The van der Waals surface area contributed by atoms with E-state index in [9.17, 15) is 10.2 Å². The molecule has 0 aliphatic rings. The van der Waals surface area contributed by atoms with Gasteiger partial charge in [-0.25, -0.2) is 4.68 Å². The van der Waals surface area contributed by atoms with Gasteiger partial charge in [0.25, 0.3) is 0 Å². The minimum absolute atomic E-state index is 0.131. The zero-order valence-corrected chi connectivity index (χ0v) is 18.1. The topological polar surface area (TPSA) is 70.1 Å². The molecule has 1 aromatic heterocycles. The molecule has 0 amide bonds. The zero-order chi connectivity index (χ0) is 21.8. The van der Waals surface area contributed by atoms with Gasteiger partial charge in [0.2, 0.25) is 4.80 Å². The molecule has 31 heavy (non-hydrogen) atoms. The highest BCUT2D eigenvalue weighted by Gasteiger charge is 2.09. The van der Waals surface area contributed by atoms with E-state index in [1.165, 1.54) is 29.0 Å². The summed E-state index contributed by atoms with van der Waals surface area (Å²) in [6, 6.07) is 23.4. The van der Waals surface area contributed by atoms with Crippen LogP contribution in [0.1, 0.15) is 19.4 Å². The molecule has 5 nitrogen and oxygen atoms in total. The molecule has 4 rings (SSSR count). The van der Waals surface area contributed by atoms with Gasteiger partial charge in [-0.3, -0.25) is 4.99 Å². The van der Waals surface area contributed by atoms with Crippen LogP contribution in [0.5, 0.6) is 11.5 Å². The van der Waals surface area contributed by atoms with Crippen molar-refractivity contribution < 1.29 is 10.2 Å². The Hall–Kier alpha value is -3.64. The van der Waals surface area contributed by atoms with Crippen molar-refractivity contribution in [2.24, 2.45) is 10.1 Å². The molecule has 6 heteroatoms. The van der Waals surface area contributed by atoms with Crippen LogP contribution in [0.15, 0.2) is 88.3 Å². The number of rotatable bonds is 5. The SMILES string of the molecule is CC(C)N=c1scc(-c2ccc(-c3ccccc3)cc2)n1N=Cc1ccc(O)c(O)c1. The Bertz CT molecular complexity index is 1270. The Balaban J connectivity index is 1.74. The van der Waals surface area contributed by atoms with Crippen molar-refractivity contribution in [1.29, 1.82) is 0 Å². The number of aromatic hydroxyl groups is 2. The molecular weight excluding hydrogens is 406 g/mol. The molecule has 0 aliphatic carbocycles. The number of hydrogen-bond donors (Lipinski definition) is 2. The summed E-state index contributed by atoms with van der Waals surface area (Å²) in [6.45, 7) is 4.06. The van der Waals surface area contributed by atoms with E-state index in [1.54, 1.807) is 12.3 Å². The van der Waals surface area contributed by atoms with Gasteiger partial charge in [0.15, 0.2) is 11.5 Å². The lowest BCUT2D eigenvalue weighted by Gasteiger charge is -2.06. The summed E-state index contributed by atoms with van der Waals surface area (Å²) in [5.41, 5.74) is 4.97. The molecule has 4 aromatic rings. The predicted octanol–water partition coefficient (Wildman–Crippen LogP) is 5.49. The molecule has 0 radical (unpaired) electrons. The first-order valence-corrected chi connectivity index (χ1v) is 10.9. The van der Waals surface area contributed by atoms with E-state index in [1.807, 2.05) is 42.1 Å². The average Bonchev–Trinajstić information content (AvgIpc) is 3.17. The van der Waals surface area contributed by atoms with Gasteiger partial charge >= 0.3 is 0 Å². The largest absolute Gasteiger partial charge is 0.504 e. The lowest BCUT2D eigenvalue weighted by atomic mass is 10.0. The van der Waals surface area contributed by atoms with Gasteiger partial charge in [-0.2, -0.15) is 5.10 Å². The molecular formula is C25H23N3O2S. The van der Waals surface area contributed by atoms with Gasteiger partial charge in [0.05, 0.1) is 11.9 Å². The van der Waals surface area contributed by atoms with Gasteiger partial charge in [0.1, 0.15) is 0 Å². The predicted molar refractivity (Wildman–Crippen MR) is 127 cm³/mol. The van der Waals surface area contributed by atoms with E-state index < -0.39 is 0 Å². The molecule has 1 heterocycles. The molecule has 0 atom stereocenters. The molecule has 0 bridgehead atoms. The van der Waals surface area contributed by atoms with Crippen molar-refractivity contribution in [3.63, 3.8) is 0 Å². The number of aromatic nitrogens is 1. The maximum atomic E-state index is 9.75. The minimum atomic E-state index is -0.178. The summed E-state index contributed by atoms with van der Waals surface area (Å²) in [5.74, 6) is -0.335. The lowest BCUT2D eigenvalue weighted by molar-refractivity contribution is 0.403. The molecule has 3 aromatic carbocycles. The quantitative estimate of drug-likeness (QED) is 0.325. The Labute approximate surface area is 184 Å². The number of phenolic OH excluding ortho intramolecular Hbond substituents is 2. The van der Waals surface area contributed by atoms with Crippen molar-refractivity contribution in [3.05, 3.63) is 88.5 Å². The summed E-state index contributed by atoms with van der Waals surface area (Å²) >= 11 is 1.53. The van der Waals surface area contributed by atoms with Crippen molar-refractivity contribution in [1.82, 2.24) is 4.68 Å². The molecule has 2 N–H and O–H groups in total. The molecule has 0 spiro atoms. The normalized spacial score (nSPS) is 12.2. The third-order valence-electron chi connectivity index (χ3n) is 4.66. The maximum Gasteiger partial charge on any atom is 0.206 e. The molecule has 0 saturated heterocycles. The highest BCUT2D eigenvalue weighted by molar-refractivity contribution is 7.07. The first-order chi connectivity index (χ1) is 15.0. The number of hydrogen-bond acceptors (Lipinski definition) is 5. The van der Waals surface area contributed by atoms with E-state index in [0.29, 0.717) is 5.56 Å². The third kappa shape index (κ3) is 4.75. The smallest absolute Gasteiger partial charge is 0.206 e. The molecule has 0 fully saturated rings. The van der Waals surface area contributed by atoms with Gasteiger partial charge in [-0.1, -0.05) is 54.6 Å². The van der Waals surface area contributed by atoms with Crippen molar-refractivity contribution in [3.8, 4) is 33.9 Å². The van der Waals surface area contributed by atoms with Crippen LogP contribution in [0.4, 0.5) is 0 Å². The Kier molecular flexibility index (Phi) is 6.00. The van der Waals surface area contributed by atoms with Crippen LogP contribution < -0.4 is 4.80 Å². The number of phenols is 2. The van der Waals surface area contributed by atoms with Gasteiger partial charge < -0.3 is 10.2 Å². The van der Waals surface area contributed by atoms with Crippen molar-refractivity contribution in [2.75, 3.05) is 0 Å². The van der Waals surface area contributed by atoms with Crippen LogP contribution in [0, 0.1) is 0 Å². The minimum Gasteiger partial charge on any atom is -0.504 e. The van der Waals surface area contributed by atoms with Gasteiger partial charge in [0, 0.05) is 17.0 Å². The van der Waals surface area contributed by atoms with E-state index in [-0.39, 0.29) is 17.5 Å². The molecule has 0 unspecified atom stereocenters. The second kappa shape index (κ2) is 9.02. The summed E-state index contributed by atoms with van der Waals surface area (Å²) < 4.78 is 1.81. The number of nitrogens with zero attached hydrogens (tertiary/aromatic N) is 3. The summed E-state index contributed by atoms with van der Waals surface area (Å²) in [7, 11) is 0. The summed E-state index contributed by atoms with van der Waals surface area (Å²) in [4.78, 5) is 5.48. The fourth-order valence-electron chi connectivity index (χ4n) is 3.13. The van der Waals surface area contributed by atoms with Crippen LogP contribution in [-0.4, -0.2) is 27.1 Å². The highest BCUT2D eigenvalue weighted by atomic mass is 32.1. The Morgan fingerprint density at radius 2 is 1.52 bits per heavy atom. The highest BCUT2D eigenvalue weighted by Crippen LogP contribution is 2.26. The van der Waals surface area contributed by atoms with Gasteiger partial charge in [-0.05, 0) is 48.7 Å². The first-order valence-electron chi connectivity index (χ1n) is 9.98. The lowest BCUT2D eigenvalue weighted by Crippen LogP contribution is -2.14. The van der Waals surface area contributed by atoms with Crippen LogP contribution in [-0.2, 0) is 0 Å². The first kappa shape index (κ1) is 20.6. The standard InChI is InChI=1S/C25H23N3O2S/c1-17(2)27-25-28(26-15-18-8-13-23(29)24(30)14-18)22(16-31-25)21-11-9-20(10-12-21)19-6-4-3-5-7-19/h3-17,29-30H,1-2H3. The van der Waals surface area contributed by atoms with Crippen LogP contribution in [0.2, 0.25) is 0 Å². The Morgan fingerprint density at radius 3 is 2.19 bits per heavy atom. The average molecular weight is 430 g/mol. The number of benzene rings is 3. The third-order valence-corrected chi connectivity index (χ3v) is 5.49. The summed E-state index contributed by atoms with van der Waals surface area (Å²) in [6.07, 6.45) is 1.65. The Morgan fingerprint density at radius 1 is 0.839 bits per heavy atom. The van der Waals surface area contributed by atoms with Crippen LogP contribution in [0.25, 0.3) is 22.4 Å². The van der Waals surface area contributed by atoms with E-state index >= 15 is 0 Å². The summed E-state index contributed by atoms with van der Waals surface area (Å²) in [5, 5.41) is 26.0. The fraction of sp³-hybridized carbons (Fsp3) is 0.120. The molecule has 0 saturated carbocycles. The monoisotopic (exact) mass is 429 g/mol. The van der Waals surface area contributed by atoms with E-state index in [4.69, 9.17) is 4.99 Å². The van der Waals surface area contributed by atoms with Crippen molar-refractivity contribution in [2.45, 2.75) is 19.9 Å².